The molecule has 2 rings (SSSR count). The first-order chi connectivity index (χ1) is 12.1. The molecule has 144 valence electrons. The lowest BCUT2D eigenvalue weighted by atomic mass is 9.96. The number of piperidine rings is 1. The summed E-state index contributed by atoms with van der Waals surface area (Å²) in [7, 11) is 0. The van der Waals surface area contributed by atoms with E-state index in [0.29, 0.717) is 32.5 Å². The minimum atomic E-state index is -0.782. The van der Waals surface area contributed by atoms with Crippen LogP contribution in [0.5, 0.6) is 0 Å². The fourth-order valence-electron chi connectivity index (χ4n) is 2.65. The Bertz CT molecular complexity index is 687. The third-order valence-electron chi connectivity index (χ3n) is 3.95. The number of likely N-dealkylation sites (tertiary alicyclic amines) is 1. The molecule has 2 amide bonds. The van der Waals surface area contributed by atoms with Crippen molar-refractivity contribution in [1.29, 1.82) is 0 Å². The van der Waals surface area contributed by atoms with Crippen LogP contribution in [0.3, 0.4) is 0 Å². The second-order valence-corrected chi connectivity index (χ2v) is 7.93. The molecule has 0 atom stereocenters. The van der Waals surface area contributed by atoms with Crippen LogP contribution in [0.25, 0.3) is 0 Å². The first kappa shape index (κ1) is 20.7. The lowest BCUT2D eigenvalue weighted by Gasteiger charge is -2.32. The molecule has 1 fully saturated rings. The molecule has 1 aromatic heterocycles. The molecule has 0 aliphatic carbocycles. The van der Waals surface area contributed by atoms with E-state index in [1.807, 2.05) is 0 Å². The summed E-state index contributed by atoms with van der Waals surface area (Å²) in [4.78, 5) is 29.4. The number of nitrogens with one attached hydrogen (secondary N) is 1. The van der Waals surface area contributed by atoms with E-state index in [4.69, 9.17) is 27.9 Å². The number of pyridine rings is 1. The van der Waals surface area contributed by atoms with Crippen LogP contribution in [-0.4, -0.2) is 47.1 Å². The number of halogens is 3. The summed E-state index contributed by atoms with van der Waals surface area (Å²) in [6.45, 7) is 6.86. The highest BCUT2D eigenvalue weighted by molar-refractivity contribution is 6.34. The smallest absolute Gasteiger partial charge is 0.407 e. The van der Waals surface area contributed by atoms with E-state index < -0.39 is 17.5 Å². The molecule has 0 aromatic carbocycles. The molecule has 0 unspecified atom stereocenters. The molecule has 0 radical (unpaired) electrons. The fraction of sp³-hybridized carbons (Fsp3) is 0.588. The van der Waals surface area contributed by atoms with E-state index in [-0.39, 0.29) is 27.7 Å². The number of hydrogen-bond donors (Lipinski definition) is 1. The van der Waals surface area contributed by atoms with Crippen LogP contribution in [0.4, 0.5) is 9.18 Å². The van der Waals surface area contributed by atoms with Crippen molar-refractivity contribution < 1.29 is 18.7 Å². The van der Waals surface area contributed by atoms with Gasteiger partial charge in [-0.3, -0.25) is 4.79 Å². The van der Waals surface area contributed by atoms with E-state index in [2.05, 4.69) is 10.3 Å². The van der Waals surface area contributed by atoms with Crippen molar-refractivity contribution >= 4 is 35.2 Å². The van der Waals surface area contributed by atoms with E-state index in [9.17, 15) is 14.0 Å². The number of hydrogen-bond acceptors (Lipinski definition) is 4. The zero-order valence-corrected chi connectivity index (χ0v) is 16.5. The number of amides is 2. The van der Waals surface area contributed by atoms with E-state index in [0.717, 1.165) is 6.07 Å². The Hall–Kier alpha value is -1.60. The highest BCUT2D eigenvalue weighted by Gasteiger charge is 2.27. The molecule has 1 saturated heterocycles. The summed E-state index contributed by atoms with van der Waals surface area (Å²) in [6, 6.07) is 1.01. The Morgan fingerprint density at radius 2 is 1.92 bits per heavy atom. The second-order valence-electron chi connectivity index (χ2n) is 7.22. The SMILES string of the molecule is CC(C)(C)OC(=O)NCC1CCN(C(=O)c2cc(F)c(Cl)nc2Cl)CC1. The zero-order chi connectivity index (χ0) is 19.5. The van der Waals surface area contributed by atoms with Crippen molar-refractivity contribution in [1.82, 2.24) is 15.2 Å². The van der Waals surface area contributed by atoms with Gasteiger partial charge in [0.1, 0.15) is 10.8 Å². The Kier molecular flexibility index (Phi) is 6.69. The van der Waals surface area contributed by atoms with Crippen molar-refractivity contribution in [3.8, 4) is 0 Å². The first-order valence-corrected chi connectivity index (χ1v) is 9.10. The number of rotatable bonds is 3. The summed E-state index contributed by atoms with van der Waals surface area (Å²) in [5.74, 6) is -0.922. The van der Waals surface area contributed by atoms with E-state index in [1.54, 1.807) is 25.7 Å². The van der Waals surface area contributed by atoms with Gasteiger partial charge in [-0.2, -0.15) is 0 Å². The predicted molar refractivity (Wildman–Crippen MR) is 97.1 cm³/mol. The van der Waals surface area contributed by atoms with Gasteiger partial charge in [0.25, 0.3) is 5.91 Å². The molecule has 0 saturated carbocycles. The highest BCUT2D eigenvalue weighted by atomic mass is 35.5. The largest absolute Gasteiger partial charge is 0.444 e. The Labute approximate surface area is 162 Å². The van der Waals surface area contributed by atoms with Gasteiger partial charge >= 0.3 is 6.09 Å². The van der Waals surface area contributed by atoms with Crippen LogP contribution < -0.4 is 5.32 Å². The van der Waals surface area contributed by atoms with Gasteiger partial charge in [-0.25, -0.2) is 14.2 Å². The molecular formula is C17H22Cl2FN3O3. The third-order valence-corrected chi connectivity index (χ3v) is 4.51. The summed E-state index contributed by atoms with van der Waals surface area (Å²) in [5.41, 5.74) is -0.542. The van der Waals surface area contributed by atoms with Gasteiger partial charge in [0.15, 0.2) is 11.0 Å². The van der Waals surface area contributed by atoms with Crippen molar-refractivity contribution in [3.63, 3.8) is 0 Å². The van der Waals surface area contributed by atoms with Gasteiger partial charge in [0, 0.05) is 19.6 Å². The fourth-order valence-corrected chi connectivity index (χ4v) is 3.05. The number of carbonyl (C=O) groups excluding carboxylic acids is 2. The Morgan fingerprint density at radius 1 is 1.31 bits per heavy atom. The van der Waals surface area contributed by atoms with Crippen molar-refractivity contribution in [2.24, 2.45) is 5.92 Å². The minimum Gasteiger partial charge on any atom is -0.444 e. The molecule has 1 aliphatic rings. The van der Waals surface area contributed by atoms with Crippen molar-refractivity contribution in [2.45, 2.75) is 39.2 Å². The van der Waals surface area contributed by atoms with Crippen LogP contribution in [0.15, 0.2) is 6.07 Å². The Balaban J connectivity index is 1.85. The lowest BCUT2D eigenvalue weighted by molar-refractivity contribution is 0.0500. The normalized spacial score (nSPS) is 15.7. The number of ether oxygens (including phenoxy) is 1. The summed E-state index contributed by atoms with van der Waals surface area (Å²) < 4.78 is 18.8. The third kappa shape index (κ3) is 5.71. The van der Waals surface area contributed by atoms with Crippen LogP contribution in [-0.2, 0) is 4.74 Å². The van der Waals surface area contributed by atoms with Gasteiger partial charge in [-0.15, -0.1) is 0 Å². The molecule has 26 heavy (non-hydrogen) atoms. The standard InChI is InChI=1S/C17H22Cl2FN3O3/c1-17(2,3)26-16(25)21-9-10-4-6-23(7-5-10)15(24)11-8-12(20)14(19)22-13(11)18/h8,10H,4-7,9H2,1-3H3,(H,21,25). The monoisotopic (exact) mass is 405 g/mol. The average Bonchev–Trinajstić information content (AvgIpc) is 2.54. The maximum Gasteiger partial charge on any atom is 0.407 e. The quantitative estimate of drug-likeness (QED) is 0.773. The molecule has 0 spiro atoms. The molecule has 0 bridgehead atoms. The van der Waals surface area contributed by atoms with Gasteiger partial charge in [0.05, 0.1) is 5.56 Å². The second kappa shape index (κ2) is 8.39. The molecule has 9 heteroatoms. The molecule has 1 aliphatic heterocycles. The van der Waals surface area contributed by atoms with Gasteiger partial charge in [-0.05, 0) is 45.6 Å². The number of carbonyl (C=O) groups is 2. The molecule has 1 aromatic rings. The van der Waals surface area contributed by atoms with Crippen LogP contribution in [0, 0.1) is 11.7 Å². The molecule has 2 heterocycles. The van der Waals surface area contributed by atoms with Crippen molar-refractivity contribution in [3.05, 3.63) is 27.8 Å². The first-order valence-electron chi connectivity index (χ1n) is 8.34. The van der Waals surface area contributed by atoms with Crippen LogP contribution in [0.2, 0.25) is 10.3 Å². The highest BCUT2D eigenvalue weighted by Crippen LogP contribution is 2.24. The van der Waals surface area contributed by atoms with Gasteiger partial charge < -0.3 is 15.0 Å². The predicted octanol–water partition coefficient (Wildman–Crippen LogP) is 3.90. The van der Waals surface area contributed by atoms with E-state index >= 15 is 0 Å². The van der Waals surface area contributed by atoms with Crippen LogP contribution >= 0.6 is 23.2 Å². The zero-order valence-electron chi connectivity index (χ0n) is 14.9. The van der Waals surface area contributed by atoms with Crippen LogP contribution in [0.1, 0.15) is 44.0 Å². The van der Waals surface area contributed by atoms with Gasteiger partial charge in [0.2, 0.25) is 0 Å². The van der Waals surface area contributed by atoms with Gasteiger partial charge in [-0.1, -0.05) is 23.2 Å². The lowest BCUT2D eigenvalue weighted by Crippen LogP contribution is -2.42. The number of nitrogens with zero attached hydrogens (tertiary/aromatic N) is 2. The summed E-state index contributed by atoms with van der Waals surface area (Å²) in [6.07, 6.45) is 0.969. The summed E-state index contributed by atoms with van der Waals surface area (Å²) >= 11 is 11.5. The average molecular weight is 406 g/mol. The molecular weight excluding hydrogens is 384 g/mol. The number of aromatic nitrogens is 1. The maximum absolute atomic E-state index is 13.6. The molecule has 6 nitrogen and oxygen atoms in total. The van der Waals surface area contributed by atoms with E-state index in [1.165, 1.54) is 0 Å². The van der Waals surface area contributed by atoms with Crippen molar-refractivity contribution in [2.75, 3.05) is 19.6 Å². The topological polar surface area (TPSA) is 71.5 Å². The molecule has 1 N–H and O–H groups in total. The summed E-state index contributed by atoms with van der Waals surface area (Å²) in [5, 5.41) is 2.27. The maximum atomic E-state index is 13.6. The Morgan fingerprint density at radius 3 is 2.50 bits per heavy atom. The number of alkyl carbamates (subject to hydrolysis) is 1. The minimum absolute atomic E-state index is 0.00102.